The predicted molar refractivity (Wildman–Crippen MR) is 120 cm³/mol. The topological polar surface area (TPSA) is 78.0 Å². The van der Waals surface area contributed by atoms with Gasteiger partial charge < -0.3 is 24.8 Å². The van der Waals surface area contributed by atoms with Gasteiger partial charge in [0.15, 0.2) is 5.78 Å². The molecule has 1 N–H and O–H groups in total. The molecule has 0 radical (unpaired) electrons. The maximum atomic E-state index is 14.4. The van der Waals surface area contributed by atoms with Crippen LogP contribution in [0, 0.1) is 5.82 Å². The van der Waals surface area contributed by atoms with Gasteiger partial charge in [0.1, 0.15) is 11.6 Å². The van der Waals surface area contributed by atoms with Crippen LogP contribution in [0.5, 0.6) is 0 Å². The van der Waals surface area contributed by atoms with Crippen LogP contribution in [-0.2, 0) is 11.3 Å². The maximum absolute atomic E-state index is 14.4. The van der Waals surface area contributed by atoms with Crippen LogP contribution in [0.25, 0.3) is 0 Å². The van der Waals surface area contributed by atoms with Gasteiger partial charge in [-0.3, -0.25) is 4.79 Å². The zero-order valence-corrected chi connectivity index (χ0v) is 18.2. The number of benzene rings is 1. The Morgan fingerprint density at radius 1 is 1.06 bits per heavy atom. The van der Waals surface area contributed by atoms with Gasteiger partial charge in [0.05, 0.1) is 18.9 Å². The zero-order chi connectivity index (χ0) is 22.5. The summed E-state index contributed by atoms with van der Waals surface area (Å²) in [6, 6.07) is 8.25. The van der Waals surface area contributed by atoms with Gasteiger partial charge in [0.2, 0.25) is 0 Å². The zero-order valence-electron chi connectivity index (χ0n) is 18.2. The second kappa shape index (κ2) is 9.95. The molecule has 9 heteroatoms. The number of morpholine rings is 1. The number of Topliss-reactive ketones (excluding diaryl/α,β-unsaturated/α-hetero) is 1. The Balaban J connectivity index is 1.32. The third-order valence-corrected chi connectivity index (χ3v) is 5.87. The van der Waals surface area contributed by atoms with Gasteiger partial charge in [-0.05, 0) is 31.2 Å². The minimum Gasteiger partial charge on any atom is -0.378 e. The minimum atomic E-state index is -0.414. The molecule has 2 aliphatic heterocycles. The highest BCUT2D eigenvalue weighted by atomic mass is 19.1. The minimum absolute atomic E-state index is 0.145. The third kappa shape index (κ3) is 4.99. The number of pyridine rings is 1. The van der Waals surface area contributed by atoms with Gasteiger partial charge in [-0.25, -0.2) is 14.2 Å². The fourth-order valence-electron chi connectivity index (χ4n) is 4.04. The van der Waals surface area contributed by atoms with E-state index in [2.05, 4.69) is 15.2 Å². The number of aromatic nitrogens is 1. The molecule has 1 aromatic carbocycles. The number of rotatable bonds is 5. The highest BCUT2D eigenvalue weighted by Gasteiger charge is 2.24. The standard InChI is InChI=1S/C23H28FN5O3/c1-17(30)18-4-5-21(20(24)15-18)27-7-9-29(10-8-27)23(31)26-16-19-3-2-6-25-22(19)28-11-13-32-14-12-28/h2-6,15H,7-14,16H2,1H3,(H,26,31). The van der Waals surface area contributed by atoms with Crippen molar-refractivity contribution >= 4 is 23.3 Å². The first-order valence-corrected chi connectivity index (χ1v) is 10.9. The van der Waals surface area contributed by atoms with Crippen molar-refractivity contribution in [3.8, 4) is 0 Å². The number of carbonyl (C=O) groups excluding carboxylic acids is 2. The molecule has 170 valence electrons. The number of amides is 2. The summed E-state index contributed by atoms with van der Waals surface area (Å²) in [6.07, 6.45) is 1.76. The van der Waals surface area contributed by atoms with E-state index in [0.29, 0.717) is 57.2 Å². The Morgan fingerprint density at radius 2 is 1.81 bits per heavy atom. The monoisotopic (exact) mass is 441 g/mol. The number of ether oxygens (including phenoxy) is 1. The van der Waals surface area contributed by atoms with Crippen LogP contribution in [0.15, 0.2) is 36.5 Å². The van der Waals surface area contributed by atoms with E-state index in [9.17, 15) is 14.0 Å². The van der Waals surface area contributed by atoms with Gasteiger partial charge in [-0.15, -0.1) is 0 Å². The molecular formula is C23H28FN5O3. The van der Waals surface area contributed by atoms with E-state index in [0.717, 1.165) is 24.5 Å². The number of hydrogen-bond donors (Lipinski definition) is 1. The summed E-state index contributed by atoms with van der Waals surface area (Å²) in [7, 11) is 0. The van der Waals surface area contributed by atoms with Crippen molar-refractivity contribution in [2.75, 3.05) is 62.3 Å². The molecule has 2 aromatic rings. The van der Waals surface area contributed by atoms with E-state index in [1.807, 2.05) is 17.0 Å². The number of hydrogen-bond acceptors (Lipinski definition) is 6. The molecule has 0 spiro atoms. The summed E-state index contributed by atoms with van der Waals surface area (Å²) >= 11 is 0. The van der Waals surface area contributed by atoms with Gasteiger partial charge in [-0.2, -0.15) is 0 Å². The molecule has 0 aliphatic carbocycles. The lowest BCUT2D eigenvalue weighted by Crippen LogP contribution is -2.52. The molecule has 2 saturated heterocycles. The first-order valence-electron chi connectivity index (χ1n) is 10.9. The summed E-state index contributed by atoms with van der Waals surface area (Å²) in [6.45, 7) is 6.74. The average Bonchev–Trinajstić information content (AvgIpc) is 2.83. The molecular weight excluding hydrogens is 413 g/mol. The first kappa shape index (κ1) is 22.0. The lowest BCUT2D eigenvalue weighted by molar-refractivity contribution is 0.101. The second-order valence-corrected chi connectivity index (χ2v) is 7.94. The summed E-state index contributed by atoms with van der Waals surface area (Å²) in [5.41, 5.74) is 1.78. The number of nitrogens with one attached hydrogen (secondary N) is 1. The number of halogens is 1. The third-order valence-electron chi connectivity index (χ3n) is 5.87. The molecule has 0 unspecified atom stereocenters. The first-order chi connectivity index (χ1) is 15.5. The van der Waals surface area contributed by atoms with Crippen LogP contribution in [0.1, 0.15) is 22.8 Å². The molecule has 3 heterocycles. The summed E-state index contributed by atoms with van der Waals surface area (Å²) < 4.78 is 19.9. The Hall–Kier alpha value is -3.20. The highest BCUT2D eigenvalue weighted by Crippen LogP contribution is 2.23. The van der Waals surface area contributed by atoms with Crippen molar-refractivity contribution in [3.63, 3.8) is 0 Å². The maximum Gasteiger partial charge on any atom is 0.317 e. The van der Waals surface area contributed by atoms with Crippen LogP contribution in [0.4, 0.5) is 20.7 Å². The van der Waals surface area contributed by atoms with Gasteiger partial charge >= 0.3 is 6.03 Å². The molecule has 2 aliphatic rings. The number of carbonyl (C=O) groups is 2. The Kier molecular flexibility index (Phi) is 6.84. The van der Waals surface area contributed by atoms with E-state index in [-0.39, 0.29) is 11.8 Å². The molecule has 0 bridgehead atoms. The normalized spacial score (nSPS) is 16.8. The number of ketones is 1. The van der Waals surface area contributed by atoms with E-state index < -0.39 is 5.82 Å². The quantitative estimate of drug-likeness (QED) is 0.718. The van der Waals surface area contributed by atoms with E-state index in [1.54, 1.807) is 23.2 Å². The van der Waals surface area contributed by atoms with Crippen LogP contribution in [0.3, 0.4) is 0 Å². The molecule has 2 amide bonds. The van der Waals surface area contributed by atoms with Crippen LogP contribution < -0.4 is 15.1 Å². The van der Waals surface area contributed by atoms with Gasteiger partial charge in [0.25, 0.3) is 0 Å². The molecule has 1 aromatic heterocycles. The predicted octanol–water partition coefficient (Wildman–Crippen LogP) is 2.29. The Bertz CT molecular complexity index is 972. The lowest BCUT2D eigenvalue weighted by atomic mass is 10.1. The van der Waals surface area contributed by atoms with Gasteiger partial charge in [-0.1, -0.05) is 6.07 Å². The fourth-order valence-corrected chi connectivity index (χ4v) is 4.04. The van der Waals surface area contributed by atoms with Crippen LogP contribution in [-0.4, -0.2) is 74.2 Å². The number of urea groups is 1. The number of nitrogens with zero attached hydrogens (tertiary/aromatic N) is 4. The van der Waals surface area contributed by atoms with E-state index in [1.165, 1.54) is 13.0 Å². The molecule has 8 nitrogen and oxygen atoms in total. The molecule has 0 saturated carbocycles. The van der Waals surface area contributed by atoms with Gasteiger partial charge in [0, 0.05) is 63.1 Å². The van der Waals surface area contributed by atoms with Crippen LogP contribution >= 0.6 is 0 Å². The molecule has 2 fully saturated rings. The Labute approximate surface area is 187 Å². The Morgan fingerprint density at radius 3 is 2.50 bits per heavy atom. The average molecular weight is 442 g/mol. The summed E-state index contributed by atoms with van der Waals surface area (Å²) in [4.78, 5) is 34.5. The van der Waals surface area contributed by atoms with Crippen molar-refractivity contribution in [3.05, 3.63) is 53.5 Å². The van der Waals surface area contributed by atoms with Crippen molar-refractivity contribution in [2.45, 2.75) is 13.5 Å². The fraction of sp³-hybridized carbons (Fsp3) is 0.435. The second-order valence-electron chi connectivity index (χ2n) is 7.94. The smallest absolute Gasteiger partial charge is 0.317 e. The summed E-state index contributed by atoms with van der Waals surface area (Å²) in [5.74, 6) is 0.301. The highest BCUT2D eigenvalue weighted by molar-refractivity contribution is 5.94. The molecule has 0 atom stereocenters. The molecule has 32 heavy (non-hydrogen) atoms. The number of piperazine rings is 1. The van der Waals surface area contributed by atoms with Crippen molar-refractivity contribution < 1.29 is 18.7 Å². The van der Waals surface area contributed by atoms with E-state index in [4.69, 9.17) is 4.74 Å². The number of anilines is 2. The van der Waals surface area contributed by atoms with Crippen molar-refractivity contribution in [1.29, 1.82) is 0 Å². The molecule has 4 rings (SSSR count). The van der Waals surface area contributed by atoms with E-state index >= 15 is 0 Å². The summed E-state index contributed by atoms with van der Waals surface area (Å²) in [5, 5.41) is 2.99. The van der Waals surface area contributed by atoms with Crippen molar-refractivity contribution in [2.24, 2.45) is 0 Å². The largest absolute Gasteiger partial charge is 0.378 e. The lowest BCUT2D eigenvalue weighted by Gasteiger charge is -2.36. The van der Waals surface area contributed by atoms with Crippen LogP contribution in [0.2, 0.25) is 0 Å². The SMILES string of the molecule is CC(=O)c1ccc(N2CCN(C(=O)NCc3cccnc3N3CCOCC3)CC2)c(F)c1. The van der Waals surface area contributed by atoms with Crippen molar-refractivity contribution in [1.82, 2.24) is 15.2 Å².